The predicted molar refractivity (Wildman–Crippen MR) is 335 cm³/mol. The lowest BCUT2D eigenvalue weighted by atomic mass is 9.41. The van der Waals surface area contributed by atoms with Crippen LogP contribution in [0.2, 0.25) is 0 Å². The number of carbonyl (C=O) groups is 2. The maximum absolute atomic E-state index is 14.0. The van der Waals surface area contributed by atoms with Gasteiger partial charge in [-0.05, 0) is 92.2 Å². The Morgan fingerprint density at radius 1 is 0.635 bits per heavy atom. The van der Waals surface area contributed by atoms with Gasteiger partial charge >= 0.3 is 11.9 Å². The average molecular weight is 1370 g/mol. The van der Waals surface area contributed by atoms with Crippen molar-refractivity contribution in [3.05, 3.63) is 65.8 Å². The van der Waals surface area contributed by atoms with E-state index in [0.717, 1.165) is 5.56 Å². The maximum atomic E-state index is 14.0. The van der Waals surface area contributed by atoms with Crippen LogP contribution in [0, 0.1) is 16.7 Å². The standard InChI is InChI=1S/C69H104O27/c1-14-34(2)61(76)89-39(7)67(78)26-27-69(80)65(67,9)47(92-48(71)21-20-40-18-16-15-17-19-40)31-46-64(8)23-22-41(32-66(64,77)24-25-68(46,69)79)90-49-28-42(81-10)56(35(3)85-49)93-50-29-43(82-11)57(36(4)86-50)94-51-30-44(83-12)58(37(5)87-51)95-63-55(75)60(84-13)59(38(6)88-63)96-62-54(74)53(73)52(72)45(33-70)91-62/h14-21,24-25,35-39,41-47,49-60,62-63,70,72-75,77-80H,22-23,26-33H2,1-13H3/b21-20+,34-14+/t35-,36-,37-,38-,39?,41+,42+,43+,44-,45-,46-,47-,49+,50+,51+,52-,53+,54-,55-,56-,57-,58-,59-,60+,62+,63+,64-,65-,66-,67-,68+,69-/m1/s1. The molecule has 1 aromatic rings. The Labute approximate surface area is 561 Å². The van der Waals surface area contributed by atoms with E-state index in [1.807, 2.05) is 51.1 Å². The van der Waals surface area contributed by atoms with Crippen LogP contribution in [0.5, 0.6) is 0 Å². The normalized spacial score (nSPS) is 48.5. The molecule has 0 radical (unpaired) electrons. The number of benzene rings is 1. The fourth-order valence-electron chi connectivity index (χ4n) is 17.1. The number of aliphatic hydroxyl groups excluding tert-OH is 5. The number of fused-ring (bicyclic) bond motifs is 5. The molecule has 9 aliphatic rings. The van der Waals surface area contributed by atoms with Crippen molar-refractivity contribution >= 4 is 18.0 Å². The second kappa shape index (κ2) is 29.8. The quantitative estimate of drug-likeness (QED) is 0.0484. The van der Waals surface area contributed by atoms with Crippen molar-refractivity contribution in [1.29, 1.82) is 0 Å². The zero-order chi connectivity index (χ0) is 69.8. The van der Waals surface area contributed by atoms with Gasteiger partial charge in [0.1, 0.15) is 90.1 Å². The lowest BCUT2D eigenvalue weighted by molar-refractivity contribution is -0.374. The number of carbonyl (C=O) groups excluding carboxylic acids is 2. The third-order valence-corrected chi connectivity index (χ3v) is 23.2. The van der Waals surface area contributed by atoms with Gasteiger partial charge in [0.05, 0.1) is 66.5 Å². The van der Waals surface area contributed by atoms with Gasteiger partial charge in [0, 0.05) is 77.1 Å². The summed E-state index contributed by atoms with van der Waals surface area (Å²) in [5, 5.41) is 105. The molecule has 4 aliphatic carbocycles. The highest BCUT2D eigenvalue weighted by molar-refractivity contribution is 5.88. The number of ether oxygens (including phenoxy) is 16. The van der Waals surface area contributed by atoms with Gasteiger partial charge in [-0.25, -0.2) is 9.59 Å². The molecule has 0 spiro atoms. The van der Waals surface area contributed by atoms with Gasteiger partial charge in [-0.2, -0.15) is 0 Å². The van der Waals surface area contributed by atoms with Crippen LogP contribution in [0.1, 0.15) is 126 Å². The molecule has 5 heterocycles. The van der Waals surface area contributed by atoms with Gasteiger partial charge in [0.15, 0.2) is 31.5 Å². The second-order valence-electron chi connectivity index (χ2n) is 28.3. The number of hydrogen-bond acceptors (Lipinski definition) is 27. The third kappa shape index (κ3) is 13.6. The van der Waals surface area contributed by atoms with E-state index in [1.165, 1.54) is 33.3 Å². The fourth-order valence-corrected chi connectivity index (χ4v) is 17.1. The lowest BCUT2D eigenvalue weighted by Crippen LogP contribution is -2.80. The predicted octanol–water partition coefficient (Wildman–Crippen LogP) is 2.31. The summed E-state index contributed by atoms with van der Waals surface area (Å²) >= 11 is 0. The summed E-state index contributed by atoms with van der Waals surface area (Å²) in [4.78, 5) is 27.2. The highest BCUT2D eigenvalue weighted by Gasteiger charge is 2.82. The maximum Gasteiger partial charge on any atom is 0.333 e. The summed E-state index contributed by atoms with van der Waals surface area (Å²) in [6.45, 7) is 14.7. The first-order valence-electron chi connectivity index (χ1n) is 33.8. The van der Waals surface area contributed by atoms with Crippen LogP contribution in [0.25, 0.3) is 6.08 Å². The molecule has 32 atom stereocenters. The molecule has 27 nitrogen and oxygen atoms in total. The highest BCUT2D eigenvalue weighted by Crippen LogP contribution is 2.72. The number of allylic oxidation sites excluding steroid dienone is 1. The van der Waals surface area contributed by atoms with E-state index in [4.69, 9.17) is 75.8 Å². The number of rotatable bonds is 21. The van der Waals surface area contributed by atoms with E-state index in [0.29, 0.717) is 18.4 Å². The van der Waals surface area contributed by atoms with Crippen molar-refractivity contribution in [3.8, 4) is 0 Å². The van der Waals surface area contributed by atoms with Crippen LogP contribution >= 0.6 is 0 Å². The van der Waals surface area contributed by atoms with Crippen molar-refractivity contribution in [3.63, 3.8) is 0 Å². The van der Waals surface area contributed by atoms with Gasteiger partial charge in [-0.15, -0.1) is 0 Å². The summed E-state index contributed by atoms with van der Waals surface area (Å²) in [6, 6.07) is 9.15. The third-order valence-electron chi connectivity index (χ3n) is 23.2. The van der Waals surface area contributed by atoms with Crippen molar-refractivity contribution in [2.75, 3.05) is 35.0 Å². The van der Waals surface area contributed by atoms with E-state index < -0.39 is 211 Å². The first kappa shape index (κ1) is 75.1. The van der Waals surface area contributed by atoms with Crippen LogP contribution in [0.4, 0.5) is 0 Å². The Morgan fingerprint density at radius 2 is 1.18 bits per heavy atom. The second-order valence-corrected chi connectivity index (χ2v) is 28.3. The Kier molecular flexibility index (Phi) is 23.3. The summed E-state index contributed by atoms with van der Waals surface area (Å²) < 4.78 is 99.6. The topological polar surface area (TPSA) is 364 Å². The van der Waals surface area contributed by atoms with E-state index in [2.05, 4.69) is 0 Å². The molecule has 9 N–H and O–H groups in total. The summed E-state index contributed by atoms with van der Waals surface area (Å²) in [5.74, 6) is -2.35. The van der Waals surface area contributed by atoms with E-state index >= 15 is 0 Å². The minimum Gasteiger partial charge on any atom is -0.458 e. The van der Waals surface area contributed by atoms with Crippen LogP contribution in [0.3, 0.4) is 0 Å². The Morgan fingerprint density at radius 3 is 1.73 bits per heavy atom. The molecular formula is C69H104O27. The molecule has 5 saturated heterocycles. The molecule has 10 rings (SSSR count). The summed E-state index contributed by atoms with van der Waals surface area (Å²) in [5.41, 5.74) is -9.81. The lowest BCUT2D eigenvalue weighted by Gasteiger charge is -2.68. The Bertz CT molecular complexity index is 2880. The molecule has 1 unspecified atom stereocenters. The SMILES string of the molecule is C/C=C(\C)C(=O)OC(C)[C@]1(O)CC[C@@]2(O)[C@]1(C)[C@H](OC(=O)/C=C/c1ccccc1)C[C@H]1[C@@]2(O)C=C[C@@]2(O)C[C@@H](O[C@H]3C[C@H](OC)[C@H](O[C@H]4C[C@H](OC)[C@H](O[C@H]5C[C@@H](OC)[C@H](O[C@@H]6O[C@H](C)[C@@H](O[C@@H]7O[C@H](CO)[C@@H](O)[C@H](O)[C@H]7O)[C@@H](OC)[C@H]6O)[C@@H](C)O5)[C@@H](C)O4)[C@@H](C)O3)CC[C@]12C. The van der Waals surface area contributed by atoms with Crippen molar-refractivity contribution in [1.82, 2.24) is 0 Å². The molecule has 1 aromatic carbocycles. The monoisotopic (exact) mass is 1360 g/mol. The van der Waals surface area contributed by atoms with E-state index in [1.54, 1.807) is 67.1 Å². The fraction of sp³-hybridized carbons (Fsp3) is 0.797. The van der Waals surface area contributed by atoms with Crippen LogP contribution in [-0.2, 0) is 85.4 Å². The molecule has 0 amide bonds. The number of methoxy groups -OCH3 is 4. The van der Waals surface area contributed by atoms with Crippen molar-refractivity contribution in [2.45, 2.75) is 296 Å². The minimum atomic E-state index is -2.18. The Hall–Kier alpha value is -3.54. The smallest absolute Gasteiger partial charge is 0.333 e. The van der Waals surface area contributed by atoms with Gasteiger partial charge in [0.2, 0.25) is 0 Å². The van der Waals surface area contributed by atoms with Crippen molar-refractivity contribution < 1.29 is 131 Å². The zero-order valence-electron chi connectivity index (χ0n) is 57.2. The molecular weight excluding hydrogens is 1260 g/mol. The highest BCUT2D eigenvalue weighted by atomic mass is 16.8. The van der Waals surface area contributed by atoms with Crippen molar-refractivity contribution in [2.24, 2.45) is 16.7 Å². The molecule has 96 heavy (non-hydrogen) atoms. The van der Waals surface area contributed by atoms with Crippen LogP contribution in [0.15, 0.2) is 60.2 Å². The Balaban J connectivity index is 0.753. The van der Waals surface area contributed by atoms with Crippen LogP contribution < -0.4 is 0 Å². The average Bonchev–Trinajstić information content (AvgIpc) is 1.33. The largest absolute Gasteiger partial charge is 0.458 e. The first-order chi connectivity index (χ1) is 45.4. The number of aliphatic hydroxyl groups is 9. The van der Waals surface area contributed by atoms with Gasteiger partial charge < -0.3 is 122 Å². The van der Waals surface area contributed by atoms with Gasteiger partial charge in [0.25, 0.3) is 0 Å². The van der Waals surface area contributed by atoms with Gasteiger partial charge in [-0.3, -0.25) is 0 Å². The number of hydrogen-bond donors (Lipinski definition) is 9. The number of esters is 2. The summed E-state index contributed by atoms with van der Waals surface area (Å²) in [6.07, 6.45) is -15.9. The first-order valence-corrected chi connectivity index (χ1v) is 33.8. The molecule has 27 heteroatoms. The minimum absolute atomic E-state index is 0.0760. The molecule has 0 bridgehead atoms. The summed E-state index contributed by atoms with van der Waals surface area (Å²) in [7, 11) is 6.03. The molecule has 3 saturated carbocycles. The molecule has 5 aliphatic heterocycles. The van der Waals surface area contributed by atoms with E-state index in [9.17, 15) is 55.5 Å². The molecule has 542 valence electrons. The molecule has 0 aromatic heterocycles. The van der Waals surface area contributed by atoms with E-state index in [-0.39, 0.29) is 44.9 Å². The zero-order valence-corrected chi connectivity index (χ0v) is 57.2. The molecule has 8 fully saturated rings. The van der Waals surface area contributed by atoms with Crippen LogP contribution in [-0.4, -0.2) is 269 Å². The van der Waals surface area contributed by atoms with Gasteiger partial charge in [-0.1, -0.05) is 62.4 Å².